The number of benzene rings is 1. The van der Waals surface area contributed by atoms with Gasteiger partial charge in [-0.05, 0) is 30.5 Å². The molecule has 6 nitrogen and oxygen atoms in total. The summed E-state index contributed by atoms with van der Waals surface area (Å²) in [4.78, 5) is 18.4. The van der Waals surface area contributed by atoms with Gasteiger partial charge in [0.15, 0.2) is 0 Å². The van der Waals surface area contributed by atoms with Crippen LogP contribution in [0.4, 0.5) is 0 Å². The van der Waals surface area contributed by atoms with E-state index in [2.05, 4.69) is 19.8 Å². The van der Waals surface area contributed by atoms with Crippen molar-refractivity contribution in [2.45, 2.75) is 18.9 Å². The molecule has 0 saturated carbocycles. The van der Waals surface area contributed by atoms with Crippen molar-refractivity contribution in [2.75, 3.05) is 33.3 Å². The number of likely N-dealkylation sites (tertiary alicyclic amines) is 1. The third-order valence-corrected chi connectivity index (χ3v) is 4.46. The minimum absolute atomic E-state index is 0.0924. The summed E-state index contributed by atoms with van der Waals surface area (Å²) in [5.74, 6) is 0.944. The summed E-state index contributed by atoms with van der Waals surface area (Å²) in [6, 6.07) is 8.37. The Hall–Kier alpha value is -2.34. The van der Waals surface area contributed by atoms with Gasteiger partial charge in [-0.25, -0.2) is 4.98 Å². The van der Waals surface area contributed by atoms with E-state index in [0.29, 0.717) is 19.1 Å². The van der Waals surface area contributed by atoms with Crippen LogP contribution in [0, 0.1) is 0 Å². The van der Waals surface area contributed by atoms with Crippen LogP contribution in [-0.2, 0) is 11.2 Å². The SMILES string of the molecule is COc1ccc(CCNC(=O)CN2CC[C@H](n3ccnc3)C2)cc1. The van der Waals surface area contributed by atoms with Crippen LogP contribution >= 0.6 is 0 Å². The van der Waals surface area contributed by atoms with E-state index in [1.165, 1.54) is 5.56 Å². The highest BCUT2D eigenvalue weighted by Gasteiger charge is 2.24. The summed E-state index contributed by atoms with van der Waals surface area (Å²) in [7, 11) is 1.66. The number of amides is 1. The normalized spacial score (nSPS) is 17.8. The lowest BCUT2D eigenvalue weighted by atomic mass is 10.1. The van der Waals surface area contributed by atoms with E-state index in [4.69, 9.17) is 4.74 Å². The molecule has 0 aliphatic carbocycles. The second-order valence-corrected chi connectivity index (χ2v) is 6.14. The van der Waals surface area contributed by atoms with Gasteiger partial charge in [0.2, 0.25) is 5.91 Å². The first kappa shape index (κ1) is 16.5. The Labute approximate surface area is 142 Å². The molecule has 0 spiro atoms. The van der Waals surface area contributed by atoms with Crippen molar-refractivity contribution in [1.29, 1.82) is 0 Å². The van der Waals surface area contributed by atoms with Crippen molar-refractivity contribution in [2.24, 2.45) is 0 Å². The molecule has 0 radical (unpaired) electrons. The van der Waals surface area contributed by atoms with Gasteiger partial charge in [-0.15, -0.1) is 0 Å². The minimum atomic E-state index is 0.0924. The van der Waals surface area contributed by atoms with Gasteiger partial charge in [0.25, 0.3) is 0 Å². The lowest BCUT2D eigenvalue weighted by Gasteiger charge is -2.16. The number of nitrogens with one attached hydrogen (secondary N) is 1. The number of hydrogen-bond donors (Lipinski definition) is 1. The number of hydrogen-bond acceptors (Lipinski definition) is 4. The molecule has 3 rings (SSSR count). The number of carbonyl (C=O) groups excluding carboxylic acids is 1. The number of ether oxygens (including phenoxy) is 1. The molecule has 1 atom stereocenters. The molecule has 1 N–H and O–H groups in total. The Balaban J connectivity index is 1.37. The zero-order valence-corrected chi connectivity index (χ0v) is 14.0. The predicted molar refractivity (Wildman–Crippen MR) is 92.0 cm³/mol. The number of nitrogens with zero attached hydrogens (tertiary/aromatic N) is 3. The second-order valence-electron chi connectivity index (χ2n) is 6.14. The van der Waals surface area contributed by atoms with Crippen LogP contribution in [0.1, 0.15) is 18.0 Å². The molecule has 24 heavy (non-hydrogen) atoms. The van der Waals surface area contributed by atoms with Crippen LogP contribution < -0.4 is 10.1 Å². The van der Waals surface area contributed by atoms with Crippen molar-refractivity contribution >= 4 is 5.91 Å². The monoisotopic (exact) mass is 328 g/mol. The maximum atomic E-state index is 12.1. The Morgan fingerprint density at radius 1 is 1.38 bits per heavy atom. The first-order valence-corrected chi connectivity index (χ1v) is 8.34. The number of aromatic nitrogens is 2. The lowest BCUT2D eigenvalue weighted by Crippen LogP contribution is -2.37. The lowest BCUT2D eigenvalue weighted by molar-refractivity contribution is -0.122. The van der Waals surface area contributed by atoms with Gasteiger partial charge in [-0.1, -0.05) is 12.1 Å². The molecule has 6 heteroatoms. The number of methoxy groups -OCH3 is 1. The van der Waals surface area contributed by atoms with E-state index < -0.39 is 0 Å². The second kappa shape index (κ2) is 7.97. The predicted octanol–water partition coefficient (Wildman–Crippen LogP) is 1.50. The largest absolute Gasteiger partial charge is 0.497 e. The quantitative estimate of drug-likeness (QED) is 0.837. The fourth-order valence-corrected chi connectivity index (χ4v) is 3.08. The average Bonchev–Trinajstić information content (AvgIpc) is 3.27. The molecule has 1 amide bonds. The number of imidazole rings is 1. The molecular formula is C18H24N4O2. The molecule has 128 valence electrons. The van der Waals surface area contributed by atoms with E-state index in [0.717, 1.165) is 31.7 Å². The van der Waals surface area contributed by atoms with Gasteiger partial charge in [-0.3, -0.25) is 9.69 Å². The summed E-state index contributed by atoms with van der Waals surface area (Å²) < 4.78 is 7.27. The highest BCUT2D eigenvalue weighted by molar-refractivity contribution is 5.78. The summed E-state index contributed by atoms with van der Waals surface area (Å²) in [6.45, 7) is 2.98. The van der Waals surface area contributed by atoms with E-state index in [-0.39, 0.29) is 5.91 Å². The van der Waals surface area contributed by atoms with Crippen molar-refractivity contribution in [3.63, 3.8) is 0 Å². The van der Waals surface area contributed by atoms with Crippen LogP contribution in [0.5, 0.6) is 5.75 Å². The Morgan fingerprint density at radius 2 is 2.21 bits per heavy atom. The van der Waals surface area contributed by atoms with Gasteiger partial charge in [-0.2, -0.15) is 0 Å². The summed E-state index contributed by atoms with van der Waals surface area (Å²) in [5, 5.41) is 3.01. The molecule has 1 aliphatic rings. The molecular weight excluding hydrogens is 304 g/mol. The number of rotatable bonds is 7. The number of carbonyl (C=O) groups is 1. The van der Waals surface area contributed by atoms with E-state index >= 15 is 0 Å². The smallest absolute Gasteiger partial charge is 0.234 e. The Bertz CT molecular complexity index is 640. The van der Waals surface area contributed by atoms with E-state index in [1.54, 1.807) is 13.3 Å². The molecule has 2 aromatic rings. The van der Waals surface area contributed by atoms with Gasteiger partial charge in [0, 0.05) is 38.1 Å². The minimum Gasteiger partial charge on any atom is -0.497 e. The summed E-state index contributed by atoms with van der Waals surface area (Å²) >= 11 is 0. The third kappa shape index (κ3) is 4.35. The fourth-order valence-electron chi connectivity index (χ4n) is 3.08. The highest BCUT2D eigenvalue weighted by Crippen LogP contribution is 2.20. The zero-order valence-electron chi connectivity index (χ0n) is 14.0. The summed E-state index contributed by atoms with van der Waals surface area (Å²) in [5.41, 5.74) is 1.19. The molecule has 1 aliphatic heterocycles. The van der Waals surface area contributed by atoms with E-state index in [1.807, 2.05) is 36.8 Å². The first-order chi connectivity index (χ1) is 11.7. The van der Waals surface area contributed by atoms with Gasteiger partial charge in [0.1, 0.15) is 5.75 Å². The Kier molecular flexibility index (Phi) is 5.48. The van der Waals surface area contributed by atoms with E-state index in [9.17, 15) is 4.79 Å². The maximum Gasteiger partial charge on any atom is 0.234 e. The molecule has 0 bridgehead atoms. The van der Waals surface area contributed by atoms with Crippen molar-refractivity contribution in [1.82, 2.24) is 19.8 Å². The molecule has 1 aromatic carbocycles. The van der Waals surface area contributed by atoms with Crippen molar-refractivity contribution < 1.29 is 9.53 Å². The Morgan fingerprint density at radius 3 is 2.92 bits per heavy atom. The maximum absolute atomic E-state index is 12.1. The topological polar surface area (TPSA) is 59.4 Å². The molecule has 2 heterocycles. The third-order valence-electron chi connectivity index (χ3n) is 4.46. The fraction of sp³-hybridized carbons (Fsp3) is 0.444. The first-order valence-electron chi connectivity index (χ1n) is 8.34. The average molecular weight is 328 g/mol. The van der Waals surface area contributed by atoms with Crippen molar-refractivity contribution in [3.8, 4) is 5.75 Å². The molecule has 0 unspecified atom stereocenters. The van der Waals surface area contributed by atoms with Crippen LogP contribution in [0.25, 0.3) is 0 Å². The van der Waals surface area contributed by atoms with Crippen LogP contribution in [0.2, 0.25) is 0 Å². The van der Waals surface area contributed by atoms with Crippen molar-refractivity contribution in [3.05, 3.63) is 48.5 Å². The highest BCUT2D eigenvalue weighted by atomic mass is 16.5. The summed E-state index contributed by atoms with van der Waals surface area (Å²) in [6.07, 6.45) is 7.53. The van der Waals surface area contributed by atoms with Crippen LogP contribution in [0.3, 0.4) is 0 Å². The zero-order chi connectivity index (χ0) is 16.8. The standard InChI is InChI=1S/C18H24N4O2/c1-24-17-4-2-15(3-5-17)6-8-20-18(23)13-21-10-7-16(12-21)22-11-9-19-14-22/h2-5,9,11,14,16H,6-8,10,12-13H2,1H3,(H,20,23)/t16-/m0/s1. The van der Waals surface area contributed by atoms with Gasteiger partial charge < -0.3 is 14.6 Å². The van der Waals surface area contributed by atoms with Gasteiger partial charge in [0.05, 0.1) is 20.0 Å². The molecule has 1 fully saturated rings. The molecule has 1 aromatic heterocycles. The van der Waals surface area contributed by atoms with Gasteiger partial charge >= 0.3 is 0 Å². The molecule has 1 saturated heterocycles. The van der Waals surface area contributed by atoms with Crippen LogP contribution in [-0.4, -0.2) is 53.6 Å². The van der Waals surface area contributed by atoms with Crippen LogP contribution in [0.15, 0.2) is 43.0 Å².